The number of hydrogen-bond donors (Lipinski definition) is 1. The van der Waals surface area contributed by atoms with Crippen molar-refractivity contribution < 1.29 is 24.0 Å². The molecule has 1 saturated heterocycles. The molecule has 158 valence electrons. The summed E-state index contributed by atoms with van der Waals surface area (Å²) in [4.78, 5) is 35.9. The van der Waals surface area contributed by atoms with Gasteiger partial charge in [-0.2, -0.15) is 0 Å². The fourth-order valence-electron chi connectivity index (χ4n) is 2.94. The van der Waals surface area contributed by atoms with Crippen molar-refractivity contribution >= 4 is 35.1 Å². The zero-order valence-corrected chi connectivity index (χ0v) is 17.1. The minimum Gasteiger partial charge on any atom is -0.490 e. The number of benzene rings is 2. The molecule has 1 N–H and O–H groups in total. The fourth-order valence-corrected chi connectivity index (χ4v) is 3.75. The summed E-state index contributed by atoms with van der Waals surface area (Å²) < 4.78 is 9.93. The Balaban J connectivity index is 1.47. The first-order valence-corrected chi connectivity index (χ1v) is 10.3. The molecule has 1 aliphatic heterocycles. The van der Waals surface area contributed by atoms with Crippen molar-refractivity contribution in [2.45, 2.75) is 12.3 Å². The number of anilines is 1. The average Bonchev–Trinajstić information content (AvgIpc) is 3.18. The Labute approximate surface area is 177 Å². The van der Waals surface area contributed by atoms with E-state index in [2.05, 4.69) is 5.32 Å². The van der Waals surface area contributed by atoms with Gasteiger partial charge >= 0.3 is 11.8 Å². The Morgan fingerprint density at radius 3 is 2.83 bits per heavy atom. The van der Waals surface area contributed by atoms with Crippen LogP contribution in [0.2, 0.25) is 0 Å². The number of nitro benzene ring substituents is 1. The lowest BCUT2D eigenvalue weighted by atomic mass is 10.2. The number of nitro groups is 1. The highest BCUT2D eigenvalue weighted by Gasteiger charge is 2.23. The van der Waals surface area contributed by atoms with Crippen LogP contribution < -0.4 is 15.0 Å². The maximum absolute atomic E-state index is 12.1. The summed E-state index contributed by atoms with van der Waals surface area (Å²) in [6.45, 7) is 1.22. The van der Waals surface area contributed by atoms with Gasteiger partial charge in [-0.1, -0.05) is 18.2 Å². The predicted molar refractivity (Wildman–Crippen MR) is 113 cm³/mol. The molecule has 2 amide bonds. The molecule has 0 aliphatic carbocycles. The van der Waals surface area contributed by atoms with E-state index in [9.17, 15) is 19.7 Å². The van der Waals surface area contributed by atoms with Crippen LogP contribution >= 0.6 is 11.8 Å². The highest BCUT2D eigenvalue weighted by molar-refractivity contribution is 7.99. The number of ether oxygens (including phenoxy) is 2. The highest BCUT2D eigenvalue weighted by atomic mass is 32.2. The molecule has 9 nitrogen and oxygen atoms in total. The van der Waals surface area contributed by atoms with Crippen molar-refractivity contribution in [1.82, 2.24) is 5.32 Å². The molecular formula is C20H21N3O6S. The van der Waals surface area contributed by atoms with Gasteiger partial charge in [0.15, 0.2) is 5.75 Å². The van der Waals surface area contributed by atoms with E-state index in [4.69, 9.17) is 9.47 Å². The van der Waals surface area contributed by atoms with Crippen LogP contribution in [0.3, 0.4) is 0 Å². The summed E-state index contributed by atoms with van der Waals surface area (Å²) >= 11 is 1.36. The Bertz CT molecular complexity index is 952. The van der Waals surface area contributed by atoms with Gasteiger partial charge in [-0.05, 0) is 29.3 Å². The number of thioether (sulfide) groups is 1. The van der Waals surface area contributed by atoms with E-state index < -0.39 is 4.92 Å². The summed E-state index contributed by atoms with van der Waals surface area (Å²) in [5.74, 6) is 0.743. The molecule has 0 saturated carbocycles. The molecule has 10 heteroatoms. The standard InChI is InChI=1S/C20H21N3O6S/c1-28-18-6-5-15(10-17(18)23(26)27)12-30-13-19(24)21-11-14-3-2-4-16(9-14)22-7-8-29-20(22)25/h2-6,9-10H,7-8,11-13H2,1H3,(H,21,24). The molecule has 2 aromatic carbocycles. The molecule has 0 unspecified atom stereocenters. The molecule has 0 radical (unpaired) electrons. The quantitative estimate of drug-likeness (QED) is 0.480. The van der Waals surface area contributed by atoms with Crippen LogP contribution in [0, 0.1) is 10.1 Å². The first kappa shape index (κ1) is 21.4. The minimum absolute atomic E-state index is 0.0955. The molecule has 2 aromatic rings. The van der Waals surface area contributed by atoms with Crippen molar-refractivity contribution in [3.05, 3.63) is 63.7 Å². The van der Waals surface area contributed by atoms with Crippen LogP contribution in [0.25, 0.3) is 0 Å². The van der Waals surface area contributed by atoms with Crippen LogP contribution in [0.5, 0.6) is 5.75 Å². The summed E-state index contributed by atoms with van der Waals surface area (Å²) in [5.41, 5.74) is 2.25. The average molecular weight is 431 g/mol. The van der Waals surface area contributed by atoms with Crippen molar-refractivity contribution in [3.63, 3.8) is 0 Å². The first-order chi connectivity index (χ1) is 14.5. The number of nitrogens with zero attached hydrogens (tertiary/aromatic N) is 2. The monoisotopic (exact) mass is 431 g/mol. The predicted octanol–water partition coefficient (Wildman–Crippen LogP) is 3.11. The Morgan fingerprint density at radius 1 is 1.30 bits per heavy atom. The number of amides is 2. The molecule has 3 rings (SSSR count). The van der Waals surface area contributed by atoms with Gasteiger partial charge in [-0.15, -0.1) is 11.8 Å². The van der Waals surface area contributed by atoms with Gasteiger partial charge < -0.3 is 14.8 Å². The lowest BCUT2D eigenvalue weighted by Crippen LogP contribution is -2.25. The maximum Gasteiger partial charge on any atom is 0.414 e. The van der Waals surface area contributed by atoms with Crippen molar-refractivity contribution in [2.75, 3.05) is 30.9 Å². The Kier molecular flexibility index (Phi) is 7.12. The molecule has 0 bridgehead atoms. The van der Waals surface area contributed by atoms with E-state index in [-0.39, 0.29) is 29.2 Å². The molecule has 0 aromatic heterocycles. The van der Waals surface area contributed by atoms with Crippen molar-refractivity contribution in [1.29, 1.82) is 0 Å². The smallest absolute Gasteiger partial charge is 0.414 e. The molecule has 1 fully saturated rings. The second-order valence-corrected chi connectivity index (χ2v) is 7.45. The van der Waals surface area contributed by atoms with Gasteiger partial charge in [0.1, 0.15) is 6.61 Å². The molecule has 30 heavy (non-hydrogen) atoms. The second kappa shape index (κ2) is 9.97. The molecular weight excluding hydrogens is 410 g/mol. The van der Waals surface area contributed by atoms with E-state index in [0.29, 0.717) is 25.4 Å². The van der Waals surface area contributed by atoms with Crippen LogP contribution in [0.4, 0.5) is 16.2 Å². The van der Waals surface area contributed by atoms with Crippen molar-refractivity contribution in [3.8, 4) is 5.75 Å². The van der Waals surface area contributed by atoms with E-state index >= 15 is 0 Å². The SMILES string of the molecule is COc1ccc(CSCC(=O)NCc2cccc(N3CCOC3=O)c2)cc1[N+](=O)[O-]. The van der Waals surface area contributed by atoms with E-state index in [1.165, 1.54) is 24.9 Å². The number of rotatable bonds is 9. The summed E-state index contributed by atoms with van der Waals surface area (Å²) in [6.07, 6.45) is -0.369. The van der Waals surface area contributed by atoms with Gasteiger partial charge in [-0.25, -0.2) is 4.79 Å². The summed E-state index contributed by atoms with van der Waals surface area (Å²) in [7, 11) is 1.38. The molecule has 0 atom stereocenters. The van der Waals surface area contributed by atoms with Gasteiger partial charge in [0.25, 0.3) is 0 Å². The zero-order chi connectivity index (χ0) is 21.5. The summed E-state index contributed by atoms with van der Waals surface area (Å²) in [6, 6.07) is 12.1. The summed E-state index contributed by atoms with van der Waals surface area (Å²) in [5, 5.41) is 13.9. The third-order valence-corrected chi connectivity index (χ3v) is 5.42. The fraction of sp³-hybridized carbons (Fsp3) is 0.300. The second-order valence-electron chi connectivity index (χ2n) is 6.47. The van der Waals surface area contributed by atoms with Crippen LogP contribution in [-0.2, 0) is 21.8 Å². The third-order valence-electron chi connectivity index (χ3n) is 4.41. The van der Waals surface area contributed by atoms with E-state index in [1.54, 1.807) is 17.0 Å². The van der Waals surface area contributed by atoms with Gasteiger partial charge in [0.05, 0.1) is 24.3 Å². The molecule has 1 aliphatic rings. The highest BCUT2D eigenvalue weighted by Crippen LogP contribution is 2.29. The number of carbonyl (C=O) groups excluding carboxylic acids is 2. The number of methoxy groups -OCH3 is 1. The number of nitrogens with one attached hydrogen (secondary N) is 1. The minimum atomic E-state index is -0.490. The van der Waals surface area contributed by atoms with E-state index in [0.717, 1.165) is 16.8 Å². The lowest BCUT2D eigenvalue weighted by molar-refractivity contribution is -0.385. The number of hydrogen-bond acceptors (Lipinski definition) is 7. The Morgan fingerprint density at radius 2 is 2.13 bits per heavy atom. The van der Waals surface area contributed by atoms with Gasteiger partial charge in [0.2, 0.25) is 5.91 Å². The third kappa shape index (κ3) is 5.41. The molecule has 0 spiro atoms. The van der Waals surface area contributed by atoms with Gasteiger partial charge in [0, 0.05) is 24.1 Å². The van der Waals surface area contributed by atoms with Crippen LogP contribution in [-0.4, -0.2) is 42.9 Å². The van der Waals surface area contributed by atoms with Crippen molar-refractivity contribution in [2.24, 2.45) is 0 Å². The van der Waals surface area contributed by atoms with Crippen LogP contribution in [0.1, 0.15) is 11.1 Å². The first-order valence-electron chi connectivity index (χ1n) is 9.17. The lowest BCUT2D eigenvalue weighted by Gasteiger charge is -2.14. The topological polar surface area (TPSA) is 111 Å². The normalized spacial score (nSPS) is 13.1. The Hall–Kier alpha value is -3.27. The molecule has 1 heterocycles. The van der Waals surface area contributed by atoms with E-state index in [1.807, 2.05) is 24.3 Å². The van der Waals surface area contributed by atoms with Gasteiger partial charge in [-0.3, -0.25) is 19.8 Å². The maximum atomic E-state index is 12.1. The number of carbonyl (C=O) groups is 2. The van der Waals surface area contributed by atoms with Crippen LogP contribution in [0.15, 0.2) is 42.5 Å². The largest absolute Gasteiger partial charge is 0.490 e. The zero-order valence-electron chi connectivity index (χ0n) is 16.3. The number of cyclic esters (lactones) is 1.